The minimum Gasteiger partial charge on any atom is -0.493 e. The van der Waals surface area contributed by atoms with Crippen LogP contribution >= 0.6 is 0 Å². The van der Waals surface area contributed by atoms with E-state index in [1.807, 2.05) is 19.9 Å². The van der Waals surface area contributed by atoms with Crippen LogP contribution in [0.5, 0.6) is 5.75 Å². The first kappa shape index (κ1) is 22.4. The number of piperidine rings is 1. The first-order valence-corrected chi connectivity index (χ1v) is 11.9. The van der Waals surface area contributed by atoms with Crippen molar-refractivity contribution in [1.29, 1.82) is 0 Å². The smallest absolute Gasteiger partial charge is 0.310 e. The lowest BCUT2D eigenvalue weighted by Crippen LogP contribution is -2.42. The Morgan fingerprint density at radius 3 is 2.75 bits per heavy atom. The average molecular weight is 440 g/mol. The van der Waals surface area contributed by atoms with E-state index >= 15 is 0 Å². The lowest BCUT2D eigenvalue weighted by Gasteiger charge is -2.31. The van der Waals surface area contributed by atoms with E-state index in [0.29, 0.717) is 26.3 Å². The molecule has 2 aliphatic rings. The summed E-state index contributed by atoms with van der Waals surface area (Å²) >= 11 is 0. The number of nitrogens with zero attached hydrogens (tertiary/aromatic N) is 1. The third-order valence-corrected chi connectivity index (χ3v) is 6.47. The summed E-state index contributed by atoms with van der Waals surface area (Å²) in [5, 5.41) is 1.12. The molecule has 2 aromatic rings. The Kier molecular flexibility index (Phi) is 6.87. The van der Waals surface area contributed by atoms with E-state index in [1.165, 1.54) is 12.0 Å². The number of rotatable bonds is 6. The molecule has 4 rings (SSSR count). The highest BCUT2D eigenvalue weighted by Crippen LogP contribution is 2.38. The lowest BCUT2D eigenvalue weighted by molar-refractivity contribution is -0.150. The summed E-state index contributed by atoms with van der Waals surface area (Å²) in [6, 6.07) is 4.08. The number of hydrogen-bond donors (Lipinski definition) is 0. The summed E-state index contributed by atoms with van der Waals surface area (Å²) < 4.78 is 17.2. The van der Waals surface area contributed by atoms with Crippen LogP contribution in [0.2, 0.25) is 0 Å². The van der Waals surface area contributed by atoms with Crippen molar-refractivity contribution in [2.45, 2.75) is 59.3 Å². The molecular formula is C26H33NO5. The van der Waals surface area contributed by atoms with Crippen molar-refractivity contribution in [3.05, 3.63) is 35.1 Å². The molecule has 1 aliphatic heterocycles. The number of furan rings is 1. The number of aryl methyl sites for hydroxylation is 2. The third kappa shape index (κ3) is 4.54. The van der Waals surface area contributed by atoms with Crippen LogP contribution in [-0.2, 0) is 27.2 Å². The second kappa shape index (κ2) is 9.80. The predicted octanol–water partition coefficient (Wildman–Crippen LogP) is 4.92. The third-order valence-electron chi connectivity index (χ3n) is 6.47. The number of ether oxygens (including phenoxy) is 2. The summed E-state index contributed by atoms with van der Waals surface area (Å²) in [5.74, 6) is 1.29. The van der Waals surface area contributed by atoms with Gasteiger partial charge < -0.3 is 18.8 Å². The monoisotopic (exact) mass is 439 g/mol. The second-order valence-corrected chi connectivity index (χ2v) is 8.69. The maximum absolute atomic E-state index is 13.1. The molecular weight excluding hydrogens is 406 g/mol. The minimum absolute atomic E-state index is 0.0757. The summed E-state index contributed by atoms with van der Waals surface area (Å²) in [7, 11) is 0. The molecule has 2 heterocycles. The molecule has 0 N–H and O–H groups in total. The van der Waals surface area contributed by atoms with Gasteiger partial charge in [-0.1, -0.05) is 0 Å². The Bertz CT molecular complexity index is 1030. The Morgan fingerprint density at radius 2 is 1.97 bits per heavy atom. The van der Waals surface area contributed by atoms with E-state index < -0.39 is 0 Å². The fraction of sp³-hybridized carbons (Fsp3) is 0.538. The molecule has 0 radical (unpaired) electrons. The molecule has 1 saturated heterocycles. The topological polar surface area (TPSA) is 69.0 Å². The number of likely N-dealkylation sites (tertiary alicyclic amines) is 1. The SMILES string of the molecule is CCOC(=O)C1CCCN(C(=O)/C=C(\C)c2cc3c4c(oc3cc2OCC)CCCC4)C1. The first-order chi connectivity index (χ1) is 15.5. The average Bonchev–Trinajstić information content (AvgIpc) is 3.16. The van der Waals surface area contributed by atoms with Gasteiger partial charge in [-0.2, -0.15) is 0 Å². The van der Waals surface area contributed by atoms with Crippen LogP contribution in [0.3, 0.4) is 0 Å². The Hall–Kier alpha value is -2.76. The summed E-state index contributed by atoms with van der Waals surface area (Å²) in [5.41, 5.74) is 3.92. The van der Waals surface area contributed by atoms with Crippen molar-refractivity contribution in [1.82, 2.24) is 4.90 Å². The second-order valence-electron chi connectivity index (χ2n) is 8.69. The van der Waals surface area contributed by atoms with Crippen LogP contribution < -0.4 is 4.74 Å². The van der Waals surface area contributed by atoms with Crippen LogP contribution in [0, 0.1) is 5.92 Å². The maximum atomic E-state index is 13.1. The van der Waals surface area contributed by atoms with Gasteiger partial charge in [0.05, 0.1) is 19.1 Å². The van der Waals surface area contributed by atoms with Crippen molar-refractivity contribution in [3.63, 3.8) is 0 Å². The molecule has 1 aromatic carbocycles. The zero-order valence-corrected chi connectivity index (χ0v) is 19.4. The van der Waals surface area contributed by atoms with Gasteiger partial charge in [-0.05, 0) is 64.5 Å². The lowest BCUT2D eigenvalue weighted by atomic mass is 9.94. The predicted molar refractivity (Wildman–Crippen MR) is 124 cm³/mol. The molecule has 1 unspecified atom stereocenters. The van der Waals surface area contributed by atoms with E-state index in [9.17, 15) is 9.59 Å². The Labute approximate surface area is 189 Å². The molecule has 6 nitrogen and oxygen atoms in total. The van der Waals surface area contributed by atoms with Gasteiger partial charge in [0.15, 0.2) is 0 Å². The summed E-state index contributed by atoms with van der Waals surface area (Å²) in [6.07, 6.45) is 7.58. The first-order valence-electron chi connectivity index (χ1n) is 11.9. The molecule has 1 fully saturated rings. The van der Waals surface area contributed by atoms with Crippen molar-refractivity contribution >= 4 is 28.4 Å². The van der Waals surface area contributed by atoms with Crippen molar-refractivity contribution in [3.8, 4) is 5.75 Å². The number of allylic oxidation sites excluding steroid dienone is 1. The zero-order valence-electron chi connectivity index (χ0n) is 19.4. The highest BCUT2D eigenvalue weighted by Gasteiger charge is 2.29. The zero-order chi connectivity index (χ0) is 22.7. The van der Waals surface area contributed by atoms with Crippen LogP contribution in [0.15, 0.2) is 22.6 Å². The van der Waals surface area contributed by atoms with Gasteiger partial charge >= 0.3 is 5.97 Å². The molecule has 6 heteroatoms. The highest BCUT2D eigenvalue weighted by molar-refractivity contribution is 5.97. The summed E-state index contributed by atoms with van der Waals surface area (Å²) in [4.78, 5) is 27.0. The van der Waals surface area contributed by atoms with E-state index in [0.717, 1.165) is 65.7 Å². The number of hydrogen-bond acceptors (Lipinski definition) is 5. The van der Waals surface area contributed by atoms with Gasteiger partial charge in [-0.25, -0.2) is 0 Å². The van der Waals surface area contributed by atoms with E-state index in [4.69, 9.17) is 13.9 Å². The van der Waals surface area contributed by atoms with Crippen molar-refractivity contribution in [2.24, 2.45) is 5.92 Å². The minimum atomic E-state index is -0.242. The molecule has 1 amide bonds. The number of carbonyl (C=O) groups excluding carboxylic acids is 2. The number of carbonyl (C=O) groups is 2. The standard InChI is InChI=1S/C26H33NO5/c1-4-30-23-15-24-21(19-10-6-7-11-22(19)32-24)14-20(23)17(3)13-25(28)27-12-8-9-18(16-27)26(29)31-5-2/h13-15,18H,4-12,16H2,1-3H3/b17-13+. The van der Waals surface area contributed by atoms with Crippen LogP contribution in [0.1, 0.15) is 63.3 Å². The van der Waals surface area contributed by atoms with Gasteiger partial charge in [0.25, 0.3) is 0 Å². The largest absolute Gasteiger partial charge is 0.493 e. The molecule has 0 saturated carbocycles. The highest BCUT2D eigenvalue weighted by atomic mass is 16.5. The quantitative estimate of drug-likeness (QED) is 0.472. The van der Waals surface area contributed by atoms with Crippen LogP contribution in [-0.4, -0.2) is 43.1 Å². The fourth-order valence-corrected chi connectivity index (χ4v) is 4.86. The molecule has 32 heavy (non-hydrogen) atoms. The van der Waals surface area contributed by atoms with Gasteiger partial charge in [-0.15, -0.1) is 0 Å². The van der Waals surface area contributed by atoms with Gasteiger partial charge in [0.2, 0.25) is 5.91 Å². The number of amides is 1. The Morgan fingerprint density at radius 1 is 1.16 bits per heavy atom. The molecule has 0 spiro atoms. The van der Waals surface area contributed by atoms with E-state index in [-0.39, 0.29) is 17.8 Å². The van der Waals surface area contributed by atoms with E-state index in [1.54, 1.807) is 17.9 Å². The Balaban J connectivity index is 1.61. The maximum Gasteiger partial charge on any atom is 0.310 e. The van der Waals surface area contributed by atoms with E-state index in [2.05, 4.69) is 6.07 Å². The fourth-order valence-electron chi connectivity index (χ4n) is 4.86. The van der Waals surface area contributed by atoms with Gasteiger partial charge in [-0.3, -0.25) is 9.59 Å². The molecule has 1 aliphatic carbocycles. The van der Waals surface area contributed by atoms with Crippen LogP contribution in [0.4, 0.5) is 0 Å². The number of benzene rings is 1. The molecule has 0 bridgehead atoms. The normalized spacial score (nSPS) is 19.0. The molecule has 172 valence electrons. The van der Waals surface area contributed by atoms with Crippen molar-refractivity contribution < 1.29 is 23.5 Å². The molecule has 1 atom stereocenters. The summed E-state index contributed by atoms with van der Waals surface area (Å²) in [6.45, 7) is 7.67. The van der Waals surface area contributed by atoms with Gasteiger partial charge in [0.1, 0.15) is 17.1 Å². The van der Waals surface area contributed by atoms with Crippen LogP contribution in [0.25, 0.3) is 16.5 Å². The number of fused-ring (bicyclic) bond motifs is 3. The molecule has 1 aromatic heterocycles. The van der Waals surface area contributed by atoms with Crippen molar-refractivity contribution in [2.75, 3.05) is 26.3 Å². The number of esters is 1. The van der Waals surface area contributed by atoms with Gasteiger partial charge in [0, 0.05) is 48.2 Å².